The molecule has 0 saturated heterocycles. The summed E-state index contributed by atoms with van der Waals surface area (Å²) in [6.07, 6.45) is 7.17. The van der Waals surface area contributed by atoms with E-state index in [0.717, 1.165) is 11.1 Å². The number of hydrogen-bond donors (Lipinski definition) is 0. The van der Waals surface area contributed by atoms with E-state index in [1.54, 1.807) is 23.4 Å². The number of amides is 1. The summed E-state index contributed by atoms with van der Waals surface area (Å²) < 4.78 is 7.70. The van der Waals surface area contributed by atoms with Gasteiger partial charge in [0.15, 0.2) is 0 Å². The Morgan fingerprint density at radius 3 is 2.74 bits per heavy atom. The van der Waals surface area contributed by atoms with Gasteiger partial charge in [0.25, 0.3) is 5.91 Å². The zero-order valence-electron chi connectivity index (χ0n) is 15.4. The molecule has 1 aliphatic rings. The minimum atomic E-state index is -0.0759. The van der Waals surface area contributed by atoms with Crippen molar-refractivity contribution in [3.8, 4) is 16.9 Å². The zero-order valence-corrected chi connectivity index (χ0v) is 15.4. The Bertz CT molecular complexity index is 952. The summed E-state index contributed by atoms with van der Waals surface area (Å²) in [5, 5.41) is 4.39. The van der Waals surface area contributed by atoms with Crippen LogP contribution in [0.15, 0.2) is 49.1 Å². The molecule has 138 valence electrons. The maximum absolute atomic E-state index is 13.1. The van der Waals surface area contributed by atoms with Crippen LogP contribution in [0.5, 0.6) is 5.75 Å². The van der Waals surface area contributed by atoms with Crippen LogP contribution in [0.4, 0.5) is 0 Å². The van der Waals surface area contributed by atoms with Crippen molar-refractivity contribution >= 4 is 5.91 Å². The van der Waals surface area contributed by atoms with Crippen LogP contribution in [0.25, 0.3) is 11.1 Å². The maximum atomic E-state index is 13.1. The van der Waals surface area contributed by atoms with E-state index in [4.69, 9.17) is 4.74 Å². The SMILES string of the molecule is CC(C)n1cc(-c2ccc3c(c2)C(=O)N(Cc2ncccn2)CCO3)cn1. The normalized spacial score (nSPS) is 14.0. The van der Waals surface area contributed by atoms with Gasteiger partial charge in [-0.25, -0.2) is 9.97 Å². The van der Waals surface area contributed by atoms with E-state index in [1.165, 1.54) is 0 Å². The van der Waals surface area contributed by atoms with Crippen molar-refractivity contribution in [2.75, 3.05) is 13.2 Å². The molecule has 3 aromatic rings. The minimum absolute atomic E-state index is 0.0759. The highest BCUT2D eigenvalue weighted by Crippen LogP contribution is 2.29. The molecule has 0 aliphatic carbocycles. The van der Waals surface area contributed by atoms with Gasteiger partial charge in [-0.1, -0.05) is 6.07 Å². The fraction of sp³-hybridized carbons (Fsp3) is 0.300. The van der Waals surface area contributed by atoms with Crippen LogP contribution in [-0.4, -0.2) is 43.7 Å². The van der Waals surface area contributed by atoms with Crippen LogP contribution < -0.4 is 4.74 Å². The lowest BCUT2D eigenvalue weighted by molar-refractivity contribution is 0.0738. The molecule has 0 bridgehead atoms. The van der Waals surface area contributed by atoms with Crippen molar-refractivity contribution in [3.05, 3.63) is 60.4 Å². The molecule has 0 atom stereocenters. The lowest BCUT2D eigenvalue weighted by Gasteiger charge is -2.18. The number of hydrogen-bond acceptors (Lipinski definition) is 5. The zero-order chi connectivity index (χ0) is 18.8. The quantitative estimate of drug-likeness (QED) is 0.712. The van der Waals surface area contributed by atoms with E-state index >= 15 is 0 Å². The van der Waals surface area contributed by atoms with Crippen LogP contribution in [0, 0.1) is 0 Å². The fourth-order valence-corrected chi connectivity index (χ4v) is 3.04. The highest BCUT2D eigenvalue weighted by molar-refractivity contribution is 5.98. The summed E-state index contributed by atoms with van der Waals surface area (Å²) in [5.41, 5.74) is 2.47. The molecule has 1 aliphatic heterocycles. The van der Waals surface area contributed by atoms with Crippen molar-refractivity contribution in [2.45, 2.75) is 26.4 Å². The first-order valence-corrected chi connectivity index (χ1v) is 8.98. The Hall–Kier alpha value is -3.22. The standard InChI is InChI=1S/C20H21N5O2/c1-14(2)25-12-16(11-23-25)15-4-5-18-17(10-15)20(26)24(8-9-27-18)13-19-21-6-3-7-22-19/h3-7,10-12,14H,8-9,13H2,1-2H3. The molecule has 0 N–H and O–H groups in total. The number of nitrogens with zero attached hydrogens (tertiary/aromatic N) is 5. The summed E-state index contributed by atoms with van der Waals surface area (Å²) in [6, 6.07) is 7.74. The number of rotatable bonds is 4. The largest absolute Gasteiger partial charge is 0.491 e. The van der Waals surface area contributed by atoms with Gasteiger partial charge >= 0.3 is 0 Å². The Labute approximate surface area is 157 Å². The fourth-order valence-electron chi connectivity index (χ4n) is 3.04. The van der Waals surface area contributed by atoms with Gasteiger partial charge in [-0.3, -0.25) is 9.48 Å². The molecule has 4 rings (SSSR count). The molecule has 1 amide bonds. The predicted molar refractivity (Wildman–Crippen MR) is 100 cm³/mol. The number of ether oxygens (including phenoxy) is 1. The van der Waals surface area contributed by atoms with Crippen LogP contribution in [-0.2, 0) is 6.54 Å². The second-order valence-corrected chi connectivity index (χ2v) is 6.75. The topological polar surface area (TPSA) is 73.1 Å². The molecule has 0 fully saturated rings. The minimum Gasteiger partial charge on any atom is -0.491 e. The van der Waals surface area contributed by atoms with E-state index in [-0.39, 0.29) is 11.9 Å². The average Bonchev–Trinajstić information content (AvgIpc) is 3.13. The van der Waals surface area contributed by atoms with Crippen molar-refractivity contribution in [1.29, 1.82) is 0 Å². The van der Waals surface area contributed by atoms with E-state index in [1.807, 2.05) is 35.3 Å². The first-order chi connectivity index (χ1) is 13.1. The molecule has 0 saturated carbocycles. The first kappa shape index (κ1) is 17.2. The summed E-state index contributed by atoms with van der Waals surface area (Å²) in [5.74, 6) is 1.15. The van der Waals surface area contributed by atoms with E-state index in [0.29, 0.717) is 36.8 Å². The van der Waals surface area contributed by atoms with Gasteiger partial charge in [-0.15, -0.1) is 0 Å². The molecule has 1 aromatic carbocycles. The Kier molecular flexibility index (Phi) is 4.58. The summed E-state index contributed by atoms with van der Waals surface area (Å²) in [6.45, 7) is 5.45. The Morgan fingerprint density at radius 1 is 1.19 bits per heavy atom. The third-order valence-corrected chi connectivity index (χ3v) is 4.53. The van der Waals surface area contributed by atoms with Gasteiger partial charge < -0.3 is 9.64 Å². The van der Waals surface area contributed by atoms with Crippen LogP contribution in [0.3, 0.4) is 0 Å². The number of benzene rings is 1. The molecule has 3 heterocycles. The molecular weight excluding hydrogens is 342 g/mol. The molecule has 7 heteroatoms. The molecule has 2 aromatic heterocycles. The van der Waals surface area contributed by atoms with E-state index < -0.39 is 0 Å². The van der Waals surface area contributed by atoms with Gasteiger partial charge in [0.05, 0.1) is 24.8 Å². The Morgan fingerprint density at radius 2 is 2.00 bits per heavy atom. The third kappa shape index (κ3) is 3.53. The van der Waals surface area contributed by atoms with E-state index in [9.17, 15) is 4.79 Å². The van der Waals surface area contributed by atoms with Crippen LogP contribution in [0.2, 0.25) is 0 Å². The first-order valence-electron chi connectivity index (χ1n) is 8.98. The van der Waals surface area contributed by atoms with Crippen molar-refractivity contribution in [1.82, 2.24) is 24.6 Å². The molecule has 7 nitrogen and oxygen atoms in total. The van der Waals surface area contributed by atoms with Crippen molar-refractivity contribution < 1.29 is 9.53 Å². The molecule has 27 heavy (non-hydrogen) atoms. The number of carbonyl (C=O) groups excluding carboxylic acids is 1. The average molecular weight is 363 g/mol. The smallest absolute Gasteiger partial charge is 0.258 e. The maximum Gasteiger partial charge on any atom is 0.258 e. The highest BCUT2D eigenvalue weighted by Gasteiger charge is 2.25. The summed E-state index contributed by atoms with van der Waals surface area (Å²) in [4.78, 5) is 23.3. The lowest BCUT2D eigenvalue weighted by Crippen LogP contribution is -2.32. The molecular formula is C20H21N5O2. The number of aromatic nitrogens is 4. The monoisotopic (exact) mass is 363 g/mol. The predicted octanol–water partition coefficient (Wildman–Crippen LogP) is 2.96. The Balaban J connectivity index is 1.64. The van der Waals surface area contributed by atoms with Gasteiger partial charge in [0.1, 0.15) is 18.2 Å². The van der Waals surface area contributed by atoms with Crippen molar-refractivity contribution in [3.63, 3.8) is 0 Å². The van der Waals surface area contributed by atoms with Gasteiger partial charge in [-0.05, 0) is 37.6 Å². The lowest BCUT2D eigenvalue weighted by atomic mass is 10.0. The van der Waals surface area contributed by atoms with Crippen LogP contribution in [0.1, 0.15) is 36.1 Å². The number of fused-ring (bicyclic) bond motifs is 1. The molecule has 0 unspecified atom stereocenters. The highest BCUT2D eigenvalue weighted by atomic mass is 16.5. The van der Waals surface area contributed by atoms with Gasteiger partial charge in [-0.2, -0.15) is 5.10 Å². The second-order valence-electron chi connectivity index (χ2n) is 6.75. The summed E-state index contributed by atoms with van der Waals surface area (Å²) >= 11 is 0. The molecule has 0 radical (unpaired) electrons. The molecule has 0 spiro atoms. The third-order valence-electron chi connectivity index (χ3n) is 4.53. The van der Waals surface area contributed by atoms with E-state index in [2.05, 4.69) is 28.9 Å². The van der Waals surface area contributed by atoms with Gasteiger partial charge in [0, 0.05) is 30.2 Å². The van der Waals surface area contributed by atoms with Gasteiger partial charge in [0.2, 0.25) is 0 Å². The number of carbonyl (C=O) groups is 1. The van der Waals surface area contributed by atoms with Crippen molar-refractivity contribution in [2.24, 2.45) is 0 Å². The van der Waals surface area contributed by atoms with Crippen LogP contribution >= 0.6 is 0 Å². The summed E-state index contributed by atoms with van der Waals surface area (Å²) in [7, 11) is 0. The second kappa shape index (κ2) is 7.19.